The zero-order chi connectivity index (χ0) is 83.6. The van der Waals surface area contributed by atoms with Gasteiger partial charge in [-0.05, 0) is 154 Å². The van der Waals surface area contributed by atoms with Crippen molar-refractivity contribution in [2.24, 2.45) is 0 Å². The second-order valence-corrected chi connectivity index (χ2v) is 32.2. The Bertz CT molecular complexity index is 2870. The zero-order valence-electron chi connectivity index (χ0n) is 71.9. The van der Waals surface area contributed by atoms with Crippen LogP contribution in [0, 0.1) is 0 Å². The highest BCUT2D eigenvalue weighted by atomic mass is 31.2. The fourth-order valence-electron chi connectivity index (χ4n) is 11.6. The lowest BCUT2D eigenvalue weighted by molar-refractivity contribution is -0.161. The van der Waals surface area contributed by atoms with Gasteiger partial charge in [0.2, 0.25) is 0 Å². The molecule has 4 N–H and O–H groups in total. The van der Waals surface area contributed by atoms with Gasteiger partial charge >= 0.3 is 33.6 Å². The average molecular weight is 1640 g/mol. The summed E-state index contributed by atoms with van der Waals surface area (Å²) in [5.41, 5.74) is 0. The van der Waals surface area contributed by atoms with Crippen LogP contribution in [0.1, 0.15) is 342 Å². The molecule has 0 amide bonds. The van der Waals surface area contributed by atoms with Crippen molar-refractivity contribution >= 4 is 33.6 Å². The van der Waals surface area contributed by atoms with Crippen molar-refractivity contribution in [3.8, 4) is 0 Å². The smallest absolute Gasteiger partial charge is 0.463 e. The number of ether oxygens (including phenoxy) is 3. The quantitative estimate of drug-likeness (QED) is 0.0146. The summed E-state index contributed by atoms with van der Waals surface area (Å²) in [5.74, 6) is -1.65. The van der Waals surface area contributed by atoms with Crippen molar-refractivity contribution in [3.63, 3.8) is 0 Å². The first-order valence-electron chi connectivity index (χ1n) is 44.7. The largest absolute Gasteiger partial charge is 0.472 e. The maximum atomic E-state index is 13.0. The van der Waals surface area contributed by atoms with E-state index >= 15 is 0 Å². The van der Waals surface area contributed by atoms with E-state index in [1.807, 2.05) is 12.2 Å². The highest BCUT2D eigenvalue weighted by molar-refractivity contribution is 7.47. The van der Waals surface area contributed by atoms with E-state index in [9.17, 15) is 43.5 Å². The molecule has 115 heavy (non-hydrogen) atoms. The average Bonchev–Trinajstić information content (AvgIpc) is 0.903. The Balaban J connectivity index is 4.56. The molecule has 0 aromatic heterocycles. The molecule has 0 bridgehead atoms. The van der Waals surface area contributed by atoms with Crippen molar-refractivity contribution in [2.45, 2.75) is 360 Å². The van der Waals surface area contributed by atoms with Crippen LogP contribution < -0.4 is 0 Å². The number of aliphatic hydroxyl groups is 2. The SMILES string of the molecule is CC/C=C\C/C=C\C/C=C\C/C=C\C/C=C\C/C=C\CCCCCCCCCCCCCCC(=O)OCC(O)COP(=O)(O)OCC(O)COP(=O)(O)OCC(COC(=O)CCCCCCCCCCCCCCCCC/C=C\C/C=C\C/C=C\C/C=C\C/C=C\CC)OC(=O)CCC/C=C\C/C=C\C/C=C\C/C=C\C/C=C\CC. The number of aliphatic hydroxyl groups excluding tert-OH is 2. The molecule has 5 unspecified atom stereocenters. The van der Waals surface area contributed by atoms with Crippen LogP contribution in [-0.2, 0) is 55.8 Å². The third-order valence-electron chi connectivity index (χ3n) is 18.3. The Morgan fingerprint density at radius 3 is 0.713 bits per heavy atom. The van der Waals surface area contributed by atoms with Crippen LogP contribution in [0.2, 0.25) is 0 Å². The van der Waals surface area contributed by atoms with Gasteiger partial charge in [0.15, 0.2) is 6.10 Å². The summed E-state index contributed by atoms with van der Waals surface area (Å²) in [5, 5.41) is 20.7. The summed E-state index contributed by atoms with van der Waals surface area (Å²) in [7, 11) is -9.83. The molecule has 0 aliphatic carbocycles. The minimum Gasteiger partial charge on any atom is -0.463 e. The molecule has 0 rings (SSSR count). The van der Waals surface area contributed by atoms with Crippen molar-refractivity contribution in [3.05, 3.63) is 194 Å². The molecule has 0 aromatic rings. The standard InChI is InChI=1S/C97H160O16P2/c1-4-7-10-13-16-19-22-25-28-31-33-35-37-39-41-43-45-47-49-51-53-55-57-60-62-65-68-71-74-77-80-83-95(100)107-86-92(98)87-109-114(103,104)110-88-93(99)89-111-115(105,106)112-91-94(113-97(102)85-82-79-76-73-70-67-64-59-30-27-24-21-18-15-12-9-6-3)90-108-96(101)84-81-78-75-72-69-66-63-61-58-56-54-52-50-48-46-44-42-40-38-36-34-32-29-26-23-20-17-14-11-8-5-2/h7-12,16-21,25-30,33-36,39-42,45,47,64,67,73,76,92-94,98-99H,4-6,13-15,22-24,31-32,37-38,43-44,46,48-63,65-66,68-72,74-75,77-91H2,1-3H3,(H,103,104)(H,105,106)/b10-7-,11-8-,12-9-,19-16-,20-17-,21-18-,28-25-,29-26-,30-27-,35-33-,36-34-,41-39-,42-40-,47-45-,67-64-,76-73-. The molecular weight excluding hydrogens is 1480 g/mol. The molecule has 0 aliphatic heterocycles. The van der Waals surface area contributed by atoms with Crippen molar-refractivity contribution in [1.82, 2.24) is 0 Å². The fraction of sp³-hybridized carbons (Fsp3) is 0.639. The number of esters is 3. The van der Waals surface area contributed by atoms with Crippen LogP contribution in [0.5, 0.6) is 0 Å². The molecular formula is C97H160O16P2. The predicted molar refractivity (Wildman–Crippen MR) is 481 cm³/mol. The summed E-state index contributed by atoms with van der Waals surface area (Å²) < 4.78 is 61.3. The third kappa shape index (κ3) is 89.0. The number of rotatable bonds is 83. The number of hydrogen-bond acceptors (Lipinski definition) is 14. The minimum atomic E-state index is -4.96. The lowest BCUT2D eigenvalue weighted by Gasteiger charge is -2.21. The van der Waals surface area contributed by atoms with E-state index in [0.717, 1.165) is 161 Å². The van der Waals surface area contributed by atoms with Crippen LogP contribution in [-0.4, -0.2) is 95.9 Å². The molecule has 0 saturated heterocycles. The third-order valence-corrected chi connectivity index (χ3v) is 20.2. The second kappa shape index (κ2) is 87.7. The fourth-order valence-corrected chi connectivity index (χ4v) is 13.2. The second-order valence-electron chi connectivity index (χ2n) is 29.3. The molecule has 16 nitrogen and oxygen atoms in total. The van der Waals surface area contributed by atoms with Gasteiger partial charge in [0.05, 0.1) is 26.4 Å². The van der Waals surface area contributed by atoms with E-state index in [1.165, 1.54) is 116 Å². The summed E-state index contributed by atoms with van der Waals surface area (Å²) in [6, 6.07) is 0. The summed E-state index contributed by atoms with van der Waals surface area (Å²) in [6.45, 7) is 2.28. The predicted octanol–water partition coefficient (Wildman–Crippen LogP) is 27.4. The first kappa shape index (κ1) is 109. The number of unbranched alkanes of at least 4 members (excludes halogenated alkanes) is 28. The zero-order valence-corrected chi connectivity index (χ0v) is 73.7. The highest BCUT2D eigenvalue weighted by Gasteiger charge is 2.29. The molecule has 654 valence electrons. The lowest BCUT2D eigenvalue weighted by Crippen LogP contribution is -2.30. The summed E-state index contributed by atoms with van der Waals surface area (Å²) >= 11 is 0. The minimum absolute atomic E-state index is 0.0214. The Hall–Kier alpha value is -5.61. The first-order chi connectivity index (χ1) is 56.2. The van der Waals surface area contributed by atoms with Gasteiger partial charge in [-0.15, -0.1) is 0 Å². The van der Waals surface area contributed by atoms with E-state index in [1.54, 1.807) is 0 Å². The topological polar surface area (TPSA) is 231 Å². The number of allylic oxidation sites excluding steroid dienone is 32. The van der Waals surface area contributed by atoms with Gasteiger partial charge < -0.3 is 34.2 Å². The highest BCUT2D eigenvalue weighted by Crippen LogP contribution is 2.45. The molecule has 0 heterocycles. The Morgan fingerprint density at radius 2 is 0.443 bits per heavy atom. The van der Waals surface area contributed by atoms with Gasteiger partial charge in [-0.1, -0.05) is 363 Å². The van der Waals surface area contributed by atoms with E-state index in [4.69, 9.17) is 32.3 Å². The first-order valence-corrected chi connectivity index (χ1v) is 47.7. The molecule has 18 heteroatoms. The van der Waals surface area contributed by atoms with E-state index in [0.29, 0.717) is 25.7 Å². The Labute approximate surface area is 699 Å². The van der Waals surface area contributed by atoms with E-state index < -0.39 is 91.5 Å². The van der Waals surface area contributed by atoms with Gasteiger partial charge in [0.25, 0.3) is 0 Å². The van der Waals surface area contributed by atoms with Gasteiger partial charge in [0.1, 0.15) is 25.4 Å². The molecule has 0 fully saturated rings. The monoisotopic (exact) mass is 1640 g/mol. The lowest BCUT2D eigenvalue weighted by atomic mass is 10.0. The molecule has 5 atom stereocenters. The number of hydrogen-bond donors (Lipinski definition) is 4. The summed E-state index contributed by atoms with van der Waals surface area (Å²) in [6.07, 6.45) is 116. The van der Waals surface area contributed by atoms with Gasteiger partial charge in [-0.3, -0.25) is 32.5 Å². The maximum absolute atomic E-state index is 13.0. The van der Waals surface area contributed by atoms with Gasteiger partial charge in [0, 0.05) is 19.3 Å². The molecule has 0 saturated carbocycles. The normalized spacial score (nSPS) is 14.7. The van der Waals surface area contributed by atoms with E-state index in [2.05, 4.69) is 203 Å². The molecule has 0 aromatic carbocycles. The van der Waals surface area contributed by atoms with Crippen molar-refractivity contribution < 1.29 is 75.8 Å². The van der Waals surface area contributed by atoms with E-state index in [-0.39, 0.29) is 19.3 Å². The van der Waals surface area contributed by atoms with Gasteiger partial charge in [-0.25, -0.2) is 9.13 Å². The Kier molecular flexibility index (Phi) is 83.4. The number of carbonyl (C=O) groups is 3. The van der Waals surface area contributed by atoms with Crippen LogP contribution in [0.4, 0.5) is 0 Å². The molecule has 0 radical (unpaired) electrons. The van der Waals surface area contributed by atoms with Crippen LogP contribution >= 0.6 is 15.6 Å². The van der Waals surface area contributed by atoms with Crippen molar-refractivity contribution in [2.75, 3.05) is 39.6 Å². The number of phosphoric acid groups is 2. The van der Waals surface area contributed by atoms with Crippen molar-refractivity contribution in [1.29, 1.82) is 0 Å². The summed E-state index contributed by atoms with van der Waals surface area (Å²) in [4.78, 5) is 58.9. The molecule has 0 aliphatic rings. The van der Waals surface area contributed by atoms with Gasteiger partial charge in [-0.2, -0.15) is 0 Å². The molecule has 0 spiro atoms. The van der Waals surface area contributed by atoms with Crippen LogP contribution in [0.15, 0.2) is 194 Å². The number of carbonyl (C=O) groups excluding carboxylic acids is 3. The van der Waals surface area contributed by atoms with Crippen LogP contribution in [0.25, 0.3) is 0 Å². The maximum Gasteiger partial charge on any atom is 0.472 e. The number of phosphoric ester groups is 2. The van der Waals surface area contributed by atoms with Crippen LogP contribution in [0.3, 0.4) is 0 Å². The Morgan fingerprint density at radius 1 is 0.243 bits per heavy atom.